The zero-order valence-corrected chi connectivity index (χ0v) is 8.46. The van der Waals surface area contributed by atoms with E-state index in [1.165, 1.54) is 0 Å². The van der Waals surface area contributed by atoms with Gasteiger partial charge in [-0.15, -0.1) is 0 Å². The first kappa shape index (κ1) is 9.97. The predicted octanol–water partition coefficient (Wildman–Crippen LogP) is 1.94. The maximum atomic E-state index is 11.4. The van der Waals surface area contributed by atoms with Gasteiger partial charge in [-0.1, -0.05) is 25.7 Å². The highest BCUT2D eigenvalue weighted by atomic mass is 16.4. The van der Waals surface area contributed by atoms with Crippen molar-refractivity contribution in [1.82, 2.24) is 0 Å². The van der Waals surface area contributed by atoms with E-state index in [9.17, 15) is 15.0 Å². The summed E-state index contributed by atoms with van der Waals surface area (Å²) in [6.45, 7) is 0. The molecule has 3 nitrogen and oxygen atoms in total. The molecule has 2 aliphatic rings. The number of fused-ring (bicyclic) bond motifs is 1. The first-order valence-electron chi connectivity index (χ1n) is 5.57. The Morgan fingerprint density at radius 1 is 0.929 bits per heavy atom. The molecule has 0 amide bonds. The van der Waals surface area contributed by atoms with Crippen molar-refractivity contribution < 1.29 is 15.0 Å². The second-order valence-electron chi connectivity index (χ2n) is 4.83. The van der Waals surface area contributed by atoms with Crippen LogP contribution in [0.5, 0.6) is 0 Å². The summed E-state index contributed by atoms with van der Waals surface area (Å²) in [6, 6.07) is 0. The molecule has 0 unspecified atom stereocenters. The SMILES string of the molecule is O=C(O)C12CCCCC1(O)CCCC2. The van der Waals surface area contributed by atoms with E-state index in [1.807, 2.05) is 0 Å². The van der Waals surface area contributed by atoms with Crippen LogP contribution in [0.25, 0.3) is 0 Å². The molecule has 0 aliphatic heterocycles. The Hall–Kier alpha value is -0.570. The number of carbonyl (C=O) groups is 1. The van der Waals surface area contributed by atoms with E-state index >= 15 is 0 Å². The predicted molar refractivity (Wildman–Crippen MR) is 52.0 cm³/mol. The van der Waals surface area contributed by atoms with Crippen molar-refractivity contribution in [2.24, 2.45) is 5.41 Å². The molecule has 2 saturated carbocycles. The number of aliphatic hydroxyl groups is 1. The first-order valence-corrected chi connectivity index (χ1v) is 5.57. The van der Waals surface area contributed by atoms with Crippen LogP contribution in [0.3, 0.4) is 0 Å². The summed E-state index contributed by atoms with van der Waals surface area (Å²) >= 11 is 0. The van der Waals surface area contributed by atoms with Crippen LogP contribution in [0.1, 0.15) is 51.4 Å². The van der Waals surface area contributed by atoms with Gasteiger partial charge in [0.25, 0.3) is 0 Å². The van der Waals surface area contributed by atoms with Gasteiger partial charge >= 0.3 is 5.97 Å². The first-order chi connectivity index (χ1) is 6.61. The smallest absolute Gasteiger partial charge is 0.312 e. The van der Waals surface area contributed by atoms with Crippen LogP contribution in [0.2, 0.25) is 0 Å². The van der Waals surface area contributed by atoms with Gasteiger partial charge in [0.2, 0.25) is 0 Å². The fourth-order valence-corrected chi connectivity index (χ4v) is 3.30. The summed E-state index contributed by atoms with van der Waals surface area (Å²) < 4.78 is 0. The van der Waals surface area contributed by atoms with E-state index < -0.39 is 17.0 Å². The molecule has 0 aromatic rings. The number of carboxylic acids is 1. The fraction of sp³-hybridized carbons (Fsp3) is 0.909. The van der Waals surface area contributed by atoms with Crippen LogP contribution >= 0.6 is 0 Å². The summed E-state index contributed by atoms with van der Waals surface area (Å²) in [5, 5.41) is 19.8. The lowest BCUT2D eigenvalue weighted by molar-refractivity contribution is -0.187. The second kappa shape index (κ2) is 3.23. The Balaban J connectivity index is 2.34. The van der Waals surface area contributed by atoms with Gasteiger partial charge in [-0.05, 0) is 25.7 Å². The van der Waals surface area contributed by atoms with Crippen LogP contribution in [0.4, 0.5) is 0 Å². The minimum atomic E-state index is -0.907. The topological polar surface area (TPSA) is 57.5 Å². The molecule has 0 atom stereocenters. The van der Waals surface area contributed by atoms with Crippen molar-refractivity contribution >= 4 is 5.97 Å². The van der Waals surface area contributed by atoms with Crippen molar-refractivity contribution in [3.8, 4) is 0 Å². The molecule has 80 valence electrons. The second-order valence-corrected chi connectivity index (χ2v) is 4.83. The van der Waals surface area contributed by atoms with Gasteiger partial charge in [-0.2, -0.15) is 0 Å². The molecule has 0 heterocycles. The molecular weight excluding hydrogens is 180 g/mol. The quantitative estimate of drug-likeness (QED) is 0.677. The summed E-state index contributed by atoms with van der Waals surface area (Å²) in [4.78, 5) is 11.4. The van der Waals surface area contributed by atoms with Crippen LogP contribution < -0.4 is 0 Å². The highest BCUT2D eigenvalue weighted by Gasteiger charge is 2.57. The number of hydrogen-bond donors (Lipinski definition) is 2. The maximum Gasteiger partial charge on any atom is 0.312 e. The van der Waals surface area contributed by atoms with Gasteiger partial charge in [-0.25, -0.2) is 0 Å². The molecule has 0 saturated heterocycles. The molecule has 0 spiro atoms. The lowest BCUT2D eigenvalue weighted by Gasteiger charge is -2.50. The number of carboxylic acid groups (broad SMARTS) is 1. The minimum absolute atomic E-state index is 0.666. The van der Waals surface area contributed by atoms with Crippen LogP contribution in [0, 0.1) is 5.41 Å². The van der Waals surface area contributed by atoms with Gasteiger partial charge in [0, 0.05) is 0 Å². The molecule has 2 fully saturated rings. The van der Waals surface area contributed by atoms with E-state index in [-0.39, 0.29) is 0 Å². The lowest BCUT2D eigenvalue weighted by Crippen LogP contribution is -2.57. The molecule has 2 aliphatic carbocycles. The number of rotatable bonds is 1. The van der Waals surface area contributed by atoms with Crippen molar-refractivity contribution in [2.45, 2.75) is 57.0 Å². The van der Waals surface area contributed by atoms with E-state index in [0.717, 1.165) is 25.7 Å². The summed E-state index contributed by atoms with van der Waals surface area (Å²) in [5.41, 5.74) is -1.72. The molecule has 2 N–H and O–H groups in total. The average molecular weight is 198 g/mol. The zero-order chi connectivity index (χ0) is 10.2. The highest BCUT2D eigenvalue weighted by molar-refractivity contribution is 5.76. The van der Waals surface area contributed by atoms with Gasteiger partial charge in [0.05, 0.1) is 11.0 Å². The Bertz CT molecular complexity index is 235. The third kappa shape index (κ3) is 1.18. The highest BCUT2D eigenvalue weighted by Crippen LogP contribution is 2.53. The summed E-state index contributed by atoms with van der Waals surface area (Å²) in [5.74, 6) is -0.778. The van der Waals surface area contributed by atoms with Crippen molar-refractivity contribution in [2.75, 3.05) is 0 Å². The molecule has 0 bridgehead atoms. The molecule has 0 aromatic heterocycles. The van der Waals surface area contributed by atoms with Crippen molar-refractivity contribution in [1.29, 1.82) is 0 Å². The largest absolute Gasteiger partial charge is 0.481 e. The van der Waals surface area contributed by atoms with Gasteiger partial charge < -0.3 is 10.2 Å². The Morgan fingerprint density at radius 3 is 1.71 bits per heavy atom. The van der Waals surface area contributed by atoms with Crippen LogP contribution in [0.15, 0.2) is 0 Å². The lowest BCUT2D eigenvalue weighted by atomic mass is 9.56. The van der Waals surface area contributed by atoms with Crippen LogP contribution in [-0.4, -0.2) is 21.8 Å². The van der Waals surface area contributed by atoms with Crippen molar-refractivity contribution in [3.05, 3.63) is 0 Å². The van der Waals surface area contributed by atoms with Gasteiger partial charge in [0.1, 0.15) is 0 Å². The van der Waals surface area contributed by atoms with E-state index in [0.29, 0.717) is 25.7 Å². The summed E-state index contributed by atoms with van der Waals surface area (Å²) in [6.07, 6.45) is 6.55. The average Bonchev–Trinajstić information content (AvgIpc) is 2.16. The van der Waals surface area contributed by atoms with Crippen LogP contribution in [-0.2, 0) is 4.79 Å². The standard InChI is InChI=1S/C11H18O3/c12-9(13)10-5-1-3-7-11(10,14)8-4-2-6-10/h14H,1-8H2,(H,12,13). The molecular formula is C11H18O3. The molecule has 2 rings (SSSR count). The fourth-order valence-electron chi connectivity index (χ4n) is 3.30. The van der Waals surface area contributed by atoms with Gasteiger partial charge in [-0.3, -0.25) is 4.79 Å². The van der Waals surface area contributed by atoms with Crippen molar-refractivity contribution in [3.63, 3.8) is 0 Å². The molecule has 0 radical (unpaired) electrons. The van der Waals surface area contributed by atoms with Gasteiger partial charge in [0.15, 0.2) is 0 Å². The van der Waals surface area contributed by atoms with E-state index in [4.69, 9.17) is 0 Å². The van der Waals surface area contributed by atoms with E-state index in [1.54, 1.807) is 0 Å². The number of aliphatic carboxylic acids is 1. The third-order valence-corrected chi connectivity index (χ3v) is 4.19. The monoisotopic (exact) mass is 198 g/mol. The van der Waals surface area contributed by atoms with E-state index in [2.05, 4.69) is 0 Å². The minimum Gasteiger partial charge on any atom is -0.481 e. The molecule has 14 heavy (non-hydrogen) atoms. The molecule has 0 aromatic carbocycles. The maximum absolute atomic E-state index is 11.4. The third-order valence-electron chi connectivity index (χ3n) is 4.19. The Labute approximate surface area is 84.1 Å². The zero-order valence-electron chi connectivity index (χ0n) is 8.46. The summed E-state index contributed by atoms with van der Waals surface area (Å²) in [7, 11) is 0. The Kier molecular flexibility index (Phi) is 2.30. The number of hydrogen-bond acceptors (Lipinski definition) is 2. The Morgan fingerprint density at radius 2 is 1.36 bits per heavy atom. The molecule has 3 heteroatoms. The normalized spacial score (nSPS) is 42.9.